The summed E-state index contributed by atoms with van der Waals surface area (Å²) in [7, 11) is -3.29. The van der Waals surface area contributed by atoms with Gasteiger partial charge in [0, 0.05) is 29.6 Å². The molecular weight excluding hydrogens is 434 g/mol. The lowest BCUT2D eigenvalue weighted by molar-refractivity contribution is -0.115. The van der Waals surface area contributed by atoms with E-state index in [1.807, 2.05) is 6.07 Å². The van der Waals surface area contributed by atoms with Crippen LogP contribution in [0.4, 0.5) is 22.1 Å². The smallest absolute Gasteiger partial charge is 0.326 e. The Morgan fingerprint density at radius 2 is 1.91 bits per heavy atom. The number of sulfone groups is 1. The van der Waals surface area contributed by atoms with Crippen LogP contribution in [0.2, 0.25) is 0 Å². The topological polar surface area (TPSA) is 147 Å². The molecule has 1 saturated carbocycles. The van der Waals surface area contributed by atoms with Crippen molar-refractivity contribution in [3.05, 3.63) is 47.8 Å². The summed E-state index contributed by atoms with van der Waals surface area (Å²) in [4.78, 5) is 28.1. The molecule has 1 aliphatic heterocycles. The number of carbonyl (C=O) groups excluding carboxylic acids is 2. The Kier molecular flexibility index (Phi) is 4.59. The summed E-state index contributed by atoms with van der Waals surface area (Å²) in [6.07, 6.45) is 6.36. The number of urea groups is 1. The van der Waals surface area contributed by atoms with Crippen molar-refractivity contribution in [2.45, 2.75) is 23.8 Å². The number of aromatic nitrogens is 3. The van der Waals surface area contributed by atoms with Gasteiger partial charge in [-0.1, -0.05) is 0 Å². The molecule has 0 bridgehead atoms. The molecule has 5 rings (SSSR count). The molecule has 1 aliphatic carbocycles. The van der Waals surface area contributed by atoms with Crippen LogP contribution in [-0.4, -0.2) is 47.3 Å². The van der Waals surface area contributed by atoms with Crippen molar-refractivity contribution in [1.29, 1.82) is 0 Å². The van der Waals surface area contributed by atoms with E-state index in [0.29, 0.717) is 28.8 Å². The Bertz CT molecular complexity index is 1390. The quantitative estimate of drug-likeness (QED) is 0.325. The van der Waals surface area contributed by atoms with Crippen LogP contribution in [0.15, 0.2) is 47.1 Å². The second kappa shape index (κ2) is 7.34. The van der Waals surface area contributed by atoms with Gasteiger partial charge in [0.2, 0.25) is 0 Å². The minimum atomic E-state index is -3.29. The van der Waals surface area contributed by atoms with E-state index in [0.717, 1.165) is 24.9 Å². The maximum atomic E-state index is 11.9. The maximum Gasteiger partial charge on any atom is 0.326 e. The highest BCUT2D eigenvalue weighted by Gasteiger charge is 2.25. The Morgan fingerprint density at radius 3 is 2.53 bits per heavy atom. The van der Waals surface area contributed by atoms with Gasteiger partial charge in [-0.05, 0) is 43.2 Å². The molecule has 1 aromatic carbocycles. The summed E-state index contributed by atoms with van der Waals surface area (Å²) in [6.45, 7) is 0. The van der Waals surface area contributed by atoms with Crippen molar-refractivity contribution in [1.82, 2.24) is 25.2 Å². The molecular formula is C20H19N7O4S. The van der Waals surface area contributed by atoms with Gasteiger partial charge in [0.05, 0.1) is 11.1 Å². The molecule has 4 N–H and O–H groups in total. The first kappa shape index (κ1) is 20.0. The molecule has 0 unspecified atom stereocenters. The van der Waals surface area contributed by atoms with Gasteiger partial charge >= 0.3 is 6.03 Å². The average molecular weight is 453 g/mol. The van der Waals surface area contributed by atoms with Crippen LogP contribution < -0.4 is 21.3 Å². The molecule has 2 fully saturated rings. The summed E-state index contributed by atoms with van der Waals surface area (Å²) in [6, 6.07) is 7.95. The Morgan fingerprint density at radius 1 is 1.16 bits per heavy atom. The minimum Gasteiger partial charge on any atom is -0.367 e. The largest absolute Gasteiger partial charge is 0.367 e. The van der Waals surface area contributed by atoms with Crippen LogP contribution in [0, 0.1) is 0 Å². The zero-order valence-corrected chi connectivity index (χ0v) is 17.7. The van der Waals surface area contributed by atoms with Gasteiger partial charge in [-0.15, -0.1) is 0 Å². The van der Waals surface area contributed by atoms with Gasteiger partial charge in [-0.2, -0.15) is 9.61 Å². The van der Waals surface area contributed by atoms with Crippen LogP contribution in [0.5, 0.6) is 0 Å². The van der Waals surface area contributed by atoms with E-state index in [1.54, 1.807) is 22.8 Å². The number of nitrogens with one attached hydrogen (secondary N) is 4. The van der Waals surface area contributed by atoms with E-state index in [-0.39, 0.29) is 10.6 Å². The standard InChI is InChI=1S/C20H19N7O4S/c1-32(30,31)14-6-4-12(5-7-14)22-16-9-17(23-13-2-3-13)27-18(25-16)11(10-21-27)8-15-19(28)26-20(29)24-15/h4-10,13,23H,2-3H2,1H3,(H,22,25)(H2,24,26,28,29)/b15-8-. The van der Waals surface area contributed by atoms with Crippen molar-refractivity contribution in [3.63, 3.8) is 0 Å². The summed E-state index contributed by atoms with van der Waals surface area (Å²) in [5.41, 5.74) is 1.80. The molecule has 1 saturated heterocycles. The number of amides is 3. The Labute approximate surface area is 182 Å². The van der Waals surface area contributed by atoms with Crippen molar-refractivity contribution in [2.24, 2.45) is 0 Å². The normalized spacial score (nSPS) is 17.5. The van der Waals surface area contributed by atoms with Crippen molar-refractivity contribution >= 4 is 50.8 Å². The van der Waals surface area contributed by atoms with E-state index in [4.69, 9.17) is 0 Å². The molecule has 2 aromatic heterocycles. The predicted octanol–water partition coefficient (Wildman–Crippen LogP) is 1.63. The number of benzene rings is 1. The number of carbonyl (C=O) groups is 2. The molecule has 0 spiro atoms. The number of hydrogen-bond donors (Lipinski definition) is 4. The lowest BCUT2D eigenvalue weighted by atomic mass is 10.2. The third-order valence-corrected chi connectivity index (χ3v) is 6.13. The van der Waals surface area contributed by atoms with Crippen molar-refractivity contribution in [2.75, 3.05) is 16.9 Å². The second-order valence-electron chi connectivity index (χ2n) is 7.67. The Hall–Kier alpha value is -3.93. The first-order chi connectivity index (χ1) is 15.3. The van der Waals surface area contributed by atoms with Gasteiger partial charge in [-0.3, -0.25) is 10.1 Å². The monoisotopic (exact) mass is 453 g/mol. The zero-order chi connectivity index (χ0) is 22.5. The first-order valence-corrected chi connectivity index (χ1v) is 11.7. The van der Waals surface area contributed by atoms with E-state index >= 15 is 0 Å². The number of hydrogen-bond acceptors (Lipinski definition) is 8. The lowest BCUT2D eigenvalue weighted by Crippen LogP contribution is -2.22. The van der Waals surface area contributed by atoms with Crippen LogP contribution in [0.3, 0.4) is 0 Å². The molecule has 12 heteroatoms. The second-order valence-corrected chi connectivity index (χ2v) is 9.68. The molecule has 164 valence electrons. The van der Waals surface area contributed by atoms with E-state index in [2.05, 4.69) is 31.3 Å². The Balaban J connectivity index is 1.53. The molecule has 3 heterocycles. The van der Waals surface area contributed by atoms with Gasteiger partial charge in [0.1, 0.15) is 17.3 Å². The summed E-state index contributed by atoms with van der Waals surface area (Å²) in [5.74, 6) is 0.705. The molecule has 3 aromatic rings. The van der Waals surface area contributed by atoms with Gasteiger partial charge in [0.25, 0.3) is 5.91 Å². The van der Waals surface area contributed by atoms with Crippen LogP contribution >= 0.6 is 0 Å². The van der Waals surface area contributed by atoms with E-state index < -0.39 is 21.8 Å². The first-order valence-electron chi connectivity index (χ1n) is 9.83. The molecule has 0 radical (unpaired) electrons. The summed E-state index contributed by atoms with van der Waals surface area (Å²) < 4.78 is 25.0. The molecule has 11 nitrogen and oxygen atoms in total. The van der Waals surface area contributed by atoms with Gasteiger partial charge < -0.3 is 16.0 Å². The third-order valence-electron chi connectivity index (χ3n) is 5.00. The summed E-state index contributed by atoms with van der Waals surface area (Å²) in [5, 5.41) is 15.6. The minimum absolute atomic E-state index is 0.109. The lowest BCUT2D eigenvalue weighted by Gasteiger charge is -2.12. The fourth-order valence-electron chi connectivity index (χ4n) is 3.26. The van der Waals surface area contributed by atoms with Gasteiger partial charge in [-0.25, -0.2) is 18.2 Å². The molecule has 0 atom stereocenters. The predicted molar refractivity (Wildman–Crippen MR) is 117 cm³/mol. The van der Waals surface area contributed by atoms with Crippen molar-refractivity contribution in [3.8, 4) is 0 Å². The highest BCUT2D eigenvalue weighted by Crippen LogP contribution is 2.28. The van der Waals surface area contributed by atoms with Gasteiger partial charge in [0.15, 0.2) is 15.5 Å². The fraction of sp³-hybridized carbons (Fsp3) is 0.200. The third kappa shape index (κ3) is 3.99. The number of anilines is 3. The highest BCUT2D eigenvalue weighted by atomic mass is 32.2. The number of fused-ring (bicyclic) bond motifs is 1. The van der Waals surface area contributed by atoms with Crippen LogP contribution in [0.25, 0.3) is 11.7 Å². The number of nitrogens with zero attached hydrogens (tertiary/aromatic N) is 3. The number of rotatable bonds is 6. The van der Waals surface area contributed by atoms with E-state index in [1.165, 1.54) is 18.2 Å². The molecule has 3 amide bonds. The van der Waals surface area contributed by atoms with E-state index in [9.17, 15) is 18.0 Å². The zero-order valence-electron chi connectivity index (χ0n) is 16.9. The van der Waals surface area contributed by atoms with Crippen LogP contribution in [0.1, 0.15) is 18.4 Å². The molecule has 2 aliphatic rings. The maximum absolute atomic E-state index is 11.9. The fourth-order valence-corrected chi connectivity index (χ4v) is 3.89. The van der Waals surface area contributed by atoms with Crippen molar-refractivity contribution < 1.29 is 18.0 Å². The average Bonchev–Trinajstić information content (AvgIpc) is 3.36. The SMILES string of the molecule is CS(=O)(=O)c1ccc(Nc2cc(NC3CC3)n3ncc(/C=C4\NC(=O)NC4=O)c3n2)cc1. The van der Waals surface area contributed by atoms with Crippen LogP contribution in [-0.2, 0) is 14.6 Å². The summed E-state index contributed by atoms with van der Waals surface area (Å²) >= 11 is 0. The molecule has 32 heavy (non-hydrogen) atoms. The number of imide groups is 1. The highest BCUT2D eigenvalue weighted by molar-refractivity contribution is 7.90.